The number of fused-ring (bicyclic) bond motifs is 1. The van der Waals surface area contributed by atoms with E-state index in [0.29, 0.717) is 11.7 Å². The zero-order valence-electron chi connectivity index (χ0n) is 15.2. The normalized spacial score (nSPS) is 13.3. The Balaban J connectivity index is 1.45. The van der Waals surface area contributed by atoms with Crippen LogP contribution in [0.25, 0.3) is 11.4 Å². The van der Waals surface area contributed by atoms with Gasteiger partial charge in [0.25, 0.3) is 5.89 Å². The van der Waals surface area contributed by atoms with Gasteiger partial charge in [0.15, 0.2) is 6.61 Å². The fraction of sp³-hybridized carbons (Fsp3) is 0.350. The van der Waals surface area contributed by atoms with Crippen molar-refractivity contribution in [2.45, 2.75) is 39.2 Å². The van der Waals surface area contributed by atoms with Crippen LogP contribution in [0.5, 0.6) is 5.75 Å². The first kappa shape index (κ1) is 16.6. The second-order valence-corrected chi connectivity index (χ2v) is 7.44. The van der Waals surface area contributed by atoms with Gasteiger partial charge in [-0.3, -0.25) is 0 Å². The van der Waals surface area contributed by atoms with Gasteiger partial charge in [-0.15, -0.1) is 0 Å². The largest absolute Gasteiger partial charge is 0.484 e. The highest BCUT2D eigenvalue weighted by atomic mass is 16.5. The van der Waals surface area contributed by atoms with Crippen molar-refractivity contribution in [1.82, 2.24) is 15.1 Å². The maximum absolute atomic E-state index is 5.78. The lowest BCUT2D eigenvalue weighted by Crippen LogP contribution is -2.10. The molecule has 1 aromatic carbocycles. The molecule has 26 heavy (non-hydrogen) atoms. The Morgan fingerprint density at radius 1 is 1.15 bits per heavy atom. The summed E-state index contributed by atoms with van der Waals surface area (Å²) in [5, 5.41) is 7.36. The molecule has 0 bridgehead atoms. The average molecular weight is 350 g/mol. The van der Waals surface area contributed by atoms with Crippen LogP contribution in [0.4, 0.5) is 5.82 Å². The average Bonchev–Trinajstić information content (AvgIpc) is 3.28. The van der Waals surface area contributed by atoms with Crippen LogP contribution in [0.2, 0.25) is 0 Å². The summed E-state index contributed by atoms with van der Waals surface area (Å²) in [7, 11) is 0. The van der Waals surface area contributed by atoms with Crippen molar-refractivity contribution < 1.29 is 9.26 Å². The van der Waals surface area contributed by atoms with Crippen molar-refractivity contribution in [3.8, 4) is 17.1 Å². The van der Waals surface area contributed by atoms with Crippen LogP contribution in [-0.4, -0.2) is 21.7 Å². The second-order valence-electron chi connectivity index (χ2n) is 7.44. The molecule has 0 atom stereocenters. The summed E-state index contributed by atoms with van der Waals surface area (Å²) in [6.07, 6.45) is 2.68. The maximum atomic E-state index is 5.78. The third-order valence-electron chi connectivity index (χ3n) is 4.51. The predicted molar refractivity (Wildman–Crippen MR) is 99.2 cm³/mol. The van der Waals surface area contributed by atoms with Crippen LogP contribution in [0.15, 0.2) is 41.1 Å². The number of hydrogen-bond donors (Lipinski definition) is 1. The minimum atomic E-state index is 0.125. The fourth-order valence-corrected chi connectivity index (χ4v) is 3.03. The lowest BCUT2D eigenvalue weighted by molar-refractivity contribution is 0.243. The van der Waals surface area contributed by atoms with Gasteiger partial charge in [-0.1, -0.05) is 38.1 Å². The van der Waals surface area contributed by atoms with Gasteiger partial charge < -0.3 is 14.6 Å². The van der Waals surface area contributed by atoms with Gasteiger partial charge in [0.1, 0.15) is 11.6 Å². The van der Waals surface area contributed by atoms with E-state index in [0.717, 1.165) is 35.7 Å². The van der Waals surface area contributed by atoms with E-state index in [2.05, 4.69) is 53.3 Å². The molecule has 2 aromatic heterocycles. The second kappa shape index (κ2) is 6.44. The van der Waals surface area contributed by atoms with Gasteiger partial charge >= 0.3 is 0 Å². The molecule has 0 aliphatic carbocycles. The van der Waals surface area contributed by atoms with Gasteiger partial charge in [0.2, 0.25) is 5.82 Å². The molecule has 134 valence electrons. The lowest BCUT2D eigenvalue weighted by Gasteiger charge is -2.19. The number of ether oxygens (including phenoxy) is 1. The molecule has 1 N–H and O–H groups in total. The van der Waals surface area contributed by atoms with Crippen LogP contribution in [-0.2, 0) is 18.4 Å². The quantitative estimate of drug-likeness (QED) is 0.767. The molecule has 0 spiro atoms. The minimum absolute atomic E-state index is 0.125. The topological polar surface area (TPSA) is 73.1 Å². The molecule has 6 nitrogen and oxygen atoms in total. The highest BCUT2D eigenvalue weighted by Gasteiger charge is 2.20. The molecule has 0 amide bonds. The van der Waals surface area contributed by atoms with Crippen molar-refractivity contribution >= 4 is 5.82 Å². The number of pyridine rings is 1. The summed E-state index contributed by atoms with van der Waals surface area (Å²) >= 11 is 0. The summed E-state index contributed by atoms with van der Waals surface area (Å²) in [5.74, 6) is 2.72. The third-order valence-corrected chi connectivity index (χ3v) is 4.51. The fourth-order valence-electron chi connectivity index (χ4n) is 3.03. The zero-order valence-corrected chi connectivity index (χ0v) is 15.2. The van der Waals surface area contributed by atoms with Gasteiger partial charge in [0, 0.05) is 23.9 Å². The summed E-state index contributed by atoms with van der Waals surface area (Å²) in [6.45, 7) is 7.70. The molecule has 0 fully saturated rings. The van der Waals surface area contributed by atoms with Crippen molar-refractivity contribution in [2.75, 3.05) is 11.9 Å². The molecule has 3 aromatic rings. The van der Waals surface area contributed by atoms with E-state index in [-0.39, 0.29) is 12.0 Å². The van der Waals surface area contributed by atoms with E-state index in [1.165, 1.54) is 5.56 Å². The number of anilines is 1. The van der Waals surface area contributed by atoms with Gasteiger partial charge in [0.05, 0.1) is 0 Å². The Morgan fingerprint density at radius 3 is 2.73 bits per heavy atom. The first-order chi connectivity index (χ1) is 12.5. The molecule has 1 aliphatic heterocycles. The molecule has 4 rings (SSSR count). The van der Waals surface area contributed by atoms with E-state index >= 15 is 0 Å². The molecule has 0 radical (unpaired) electrons. The Hall–Kier alpha value is -2.89. The lowest BCUT2D eigenvalue weighted by atomic mass is 9.87. The maximum Gasteiger partial charge on any atom is 0.264 e. The Labute approximate surface area is 152 Å². The first-order valence-corrected chi connectivity index (χ1v) is 8.79. The zero-order chi connectivity index (χ0) is 18.1. The van der Waals surface area contributed by atoms with E-state index in [1.54, 1.807) is 6.20 Å². The Kier molecular flexibility index (Phi) is 4.11. The van der Waals surface area contributed by atoms with E-state index in [4.69, 9.17) is 9.26 Å². The first-order valence-electron chi connectivity index (χ1n) is 8.79. The molecule has 3 heterocycles. The van der Waals surface area contributed by atoms with Gasteiger partial charge in [-0.2, -0.15) is 4.98 Å². The van der Waals surface area contributed by atoms with Crippen LogP contribution in [0, 0.1) is 0 Å². The van der Waals surface area contributed by atoms with E-state index in [1.807, 2.05) is 18.2 Å². The van der Waals surface area contributed by atoms with Crippen LogP contribution >= 0.6 is 0 Å². The number of nitrogens with zero attached hydrogens (tertiary/aromatic N) is 3. The van der Waals surface area contributed by atoms with Crippen molar-refractivity contribution in [3.05, 3.63) is 53.5 Å². The highest BCUT2D eigenvalue weighted by molar-refractivity contribution is 5.68. The minimum Gasteiger partial charge on any atom is -0.484 e. The van der Waals surface area contributed by atoms with Crippen molar-refractivity contribution in [3.63, 3.8) is 0 Å². The van der Waals surface area contributed by atoms with Crippen LogP contribution in [0.1, 0.15) is 37.8 Å². The van der Waals surface area contributed by atoms with Crippen LogP contribution < -0.4 is 10.1 Å². The van der Waals surface area contributed by atoms with Gasteiger partial charge in [-0.25, -0.2) is 4.98 Å². The molecule has 0 saturated carbocycles. The number of hydrogen-bond acceptors (Lipinski definition) is 6. The number of benzene rings is 1. The van der Waals surface area contributed by atoms with Crippen molar-refractivity contribution in [1.29, 1.82) is 0 Å². The SMILES string of the molecule is CC(C)(C)c1ccc(OCc2nc(-c3ccnc4c3CCN4)no2)cc1. The predicted octanol–water partition coefficient (Wildman–Crippen LogP) is 3.98. The Morgan fingerprint density at radius 2 is 1.96 bits per heavy atom. The molecule has 1 aliphatic rings. The highest BCUT2D eigenvalue weighted by Crippen LogP contribution is 2.29. The smallest absolute Gasteiger partial charge is 0.264 e. The standard InChI is InChI=1S/C20H22N4O2/c1-20(2,3)13-4-6-14(7-5-13)25-12-17-23-19(24-26-17)16-9-11-22-18-15(16)8-10-21-18/h4-7,9,11H,8,10,12H2,1-3H3,(H,21,22). The summed E-state index contributed by atoms with van der Waals surface area (Å²) in [5.41, 5.74) is 3.49. The summed E-state index contributed by atoms with van der Waals surface area (Å²) in [4.78, 5) is 8.80. The number of rotatable bonds is 4. The molecule has 0 unspecified atom stereocenters. The molecule has 0 saturated heterocycles. The Bertz CT molecular complexity index is 910. The monoisotopic (exact) mass is 350 g/mol. The molecular formula is C20H22N4O2. The number of aromatic nitrogens is 3. The summed E-state index contributed by atoms with van der Waals surface area (Å²) < 4.78 is 11.1. The van der Waals surface area contributed by atoms with E-state index in [9.17, 15) is 0 Å². The molecular weight excluding hydrogens is 328 g/mol. The summed E-state index contributed by atoms with van der Waals surface area (Å²) in [6, 6.07) is 10.0. The van der Waals surface area contributed by atoms with Crippen molar-refractivity contribution in [2.24, 2.45) is 0 Å². The number of nitrogens with one attached hydrogen (secondary N) is 1. The van der Waals surface area contributed by atoms with Gasteiger partial charge in [-0.05, 0) is 35.6 Å². The molecule has 6 heteroatoms. The third kappa shape index (κ3) is 3.27. The van der Waals surface area contributed by atoms with E-state index < -0.39 is 0 Å². The van der Waals surface area contributed by atoms with Crippen LogP contribution in [0.3, 0.4) is 0 Å².